The highest BCUT2D eigenvalue weighted by Crippen LogP contribution is 2.37. The number of alkyl carbamates (subject to hydrolysis) is 1. The van der Waals surface area contributed by atoms with E-state index in [9.17, 15) is 14.7 Å². The number of aliphatic hydroxyl groups excluding tert-OH is 1. The Kier molecular flexibility index (Phi) is 8.97. The van der Waals surface area contributed by atoms with Gasteiger partial charge >= 0.3 is 6.09 Å². The third kappa shape index (κ3) is 6.69. The molecule has 0 aliphatic carbocycles. The van der Waals surface area contributed by atoms with Crippen molar-refractivity contribution in [3.63, 3.8) is 0 Å². The lowest BCUT2D eigenvalue weighted by molar-refractivity contribution is -0.0368. The number of hydrogen-bond acceptors (Lipinski definition) is 10. The summed E-state index contributed by atoms with van der Waals surface area (Å²) in [6.07, 6.45) is 5.93. The smallest absolute Gasteiger partial charge is 0.407 e. The number of benzene rings is 1. The van der Waals surface area contributed by atoms with Crippen molar-refractivity contribution < 1.29 is 28.9 Å². The number of aromatic nitrogens is 7. The number of nitrogens with one attached hydrogen (secondary N) is 1. The van der Waals surface area contributed by atoms with Crippen LogP contribution in [-0.4, -0.2) is 83.3 Å². The zero-order valence-corrected chi connectivity index (χ0v) is 27.3. The lowest BCUT2D eigenvalue weighted by Crippen LogP contribution is -2.37. The summed E-state index contributed by atoms with van der Waals surface area (Å²) in [4.78, 5) is 29.1. The van der Waals surface area contributed by atoms with Gasteiger partial charge in [-0.2, -0.15) is 15.3 Å². The summed E-state index contributed by atoms with van der Waals surface area (Å²) in [5.41, 5.74) is 4.06. The Morgan fingerprint density at radius 2 is 1.98 bits per heavy atom. The lowest BCUT2D eigenvalue weighted by atomic mass is 10.0. The summed E-state index contributed by atoms with van der Waals surface area (Å²) in [5.74, 6) is 0.516. The Labute approximate surface area is 271 Å². The number of hydrogen-bond donors (Lipinski definition) is 2. The number of rotatable bonds is 10. The van der Waals surface area contributed by atoms with Crippen LogP contribution in [0.15, 0.2) is 36.7 Å². The molecule has 6 rings (SSSR count). The van der Waals surface area contributed by atoms with Crippen LogP contribution < -0.4 is 10.1 Å². The molecule has 14 heteroatoms. The fourth-order valence-electron chi connectivity index (χ4n) is 5.73. The maximum atomic E-state index is 12.2. The maximum absolute atomic E-state index is 12.2. The first kappa shape index (κ1) is 32.1. The normalized spacial score (nSPS) is 16.0. The number of aryl methyl sites for hydroxylation is 1. The van der Waals surface area contributed by atoms with E-state index in [4.69, 9.17) is 24.3 Å². The number of amides is 1. The van der Waals surface area contributed by atoms with Crippen molar-refractivity contribution in [2.75, 3.05) is 19.8 Å². The van der Waals surface area contributed by atoms with Crippen LogP contribution in [0.25, 0.3) is 44.3 Å². The molecular weight excluding hydrogens is 604 g/mol. The molecule has 1 aliphatic rings. The van der Waals surface area contributed by atoms with Gasteiger partial charge in [-0.25, -0.2) is 19.1 Å². The number of aldehydes is 1. The number of pyridine rings is 1. The molecular formula is C33H40N8O6. The zero-order valence-electron chi connectivity index (χ0n) is 27.3. The van der Waals surface area contributed by atoms with E-state index >= 15 is 0 Å². The number of nitrogens with zero attached hydrogens (tertiary/aromatic N) is 7. The van der Waals surface area contributed by atoms with E-state index in [0.717, 1.165) is 47.6 Å². The van der Waals surface area contributed by atoms with Gasteiger partial charge in [0, 0.05) is 41.8 Å². The molecule has 5 heterocycles. The summed E-state index contributed by atoms with van der Waals surface area (Å²) in [7, 11) is 1.79. The van der Waals surface area contributed by atoms with Crippen molar-refractivity contribution in [1.29, 1.82) is 0 Å². The molecule has 2 N–H and O–H groups in total. The molecule has 1 aromatic carbocycles. The topological polar surface area (TPSA) is 160 Å². The number of fused-ring (bicyclic) bond motifs is 2. The Morgan fingerprint density at radius 1 is 1.17 bits per heavy atom. The first-order chi connectivity index (χ1) is 22.6. The Bertz CT molecular complexity index is 1910. The van der Waals surface area contributed by atoms with E-state index in [-0.39, 0.29) is 32.0 Å². The number of aliphatic hydroxyl groups is 1. The second-order valence-electron chi connectivity index (χ2n) is 12.7. The third-order valence-electron chi connectivity index (χ3n) is 7.89. The summed E-state index contributed by atoms with van der Waals surface area (Å²) >= 11 is 0. The van der Waals surface area contributed by atoms with E-state index < -0.39 is 11.7 Å². The fraction of sp³-hybridized carbons (Fsp3) is 0.455. The average Bonchev–Trinajstić information content (AvgIpc) is 3.72. The highest BCUT2D eigenvalue weighted by molar-refractivity contribution is 6.00. The number of carbonyl (C=O) groups is 2. The minimum atomic E-state index is -0.602. The SMILES string of the molecule is C[C@@H](CNC(=O)OC(C)(C)C)Oc1c(-c2cnc3c(c2)c(-c2ccc4nn(CCO)c(C=O)c4c2)nn3C2CCCCO2)cnn1C. The van der Waals surface area contributed by atoms with E-state index in [0.29, 0.717) is 40.4 Å². The van der Waals surface area contributed by atoms with Crippen LogP contribution in [0.2, 0.25) is 0 Å². The van der Waals surface area contributed by atoms with Gasteiger partial charge in [-0.1, -0.05) is 6.07 Å². The van der Waals surface area contributed by atoms with Crippen molar-refractivity contribution in [2.24, 2.45) is 7.05 Å². The molecule has 0 bridgehead atoms. The molecule has 4 aromatic heterocycles. The summed E-state index contributed by atoms with van der Waals surface area (Å²) in [5, 5.41) is 27.7. The van der Waals surface area contributed by atoms with Crippen LogP contribution in [0.5, 0.6) is 5.88 Å². The van der Waals surface area contributed by atoms with Gasteiger partial charge in [-0.3, -0.25) is 9.48 Å². The van der Waals surface area contributed by atoms with Crippen molar-refractivity contribution in [1.82, 2.24) is 39.6 Å². The van der Waals surface area contributed by atoms with Gasteiger partial charge in [0.05, 0.1) is 37.0 Å². The molecule has 47 heavy (non-hydrogen) atoms. The van der Waals surface area contributed by atoms with Crippen molar-refractivity contribution in [2.45, 2.75) is 71.4 Å². The Morgan fingerprint density at radius 3 is 2.70 bits per heavy atom. The highest BCUT2D eigenvalue weighted by Gasteiger charge is 2.25. The maximum Gasteiger partial charge on any atom is 0.407 e. The van der Waals surface area contributed by atoms with E-state index in [1.807, 2.05) is 56.6 Å². The predicted molar refractivity (Wildman–Crippen MR) is 174 cm³/mol. The van der Waals surface area contributed by atoms with E-state index in [1.165, 1.54) is 4.68 Å². The minimum absolute atomic E-state index is 0.133. The van der Waals surface area contributed by atoms with Gasteiger partial charge in [-0.05, 0) is 65.2 Å². The van der Waals surface area contributed by atoms with Crippen molar-refractivity contribution in [3.05, 3.63) is 42.4 Å². The average molecular weight is 645 g/mol. The van der Waals surface area contributed by atoms with Crippen LogP contribution >= 0.6 is 0 Å². The van der Waals surface area contributed by atoms with Crippen molar-refractivity contribution in [3.8, 4) is 28.3 Å². The molecule has 1 fully saturated rings. The summed E-state index contributed by atoms with van der Waals surface area (Å²) in [6.45, 7) is 8.25. The molecule has 1 aliphatic heterocycles. The van der Waals surface area contributed by atoms with Gasteiger partial charge in [0.15, 0.2) is 18.2 Å². The Hall–Kier alpha value is -4.82. The van der Waals surface area contributed by atoms with Crippen LogP contribution in [0, 0.1) is 0 Å². The Balaban J connectivity index is 1.38. The van der Waals surface area contributed by atoms with Crippen LogP contribution in [0.3, 0.4) is 0 Å². The van der Waals surface area contributed by atoms with E-state index in [1.54, 1.807) is 24.1 Å². The second-order valence-corrected chi connectivity index (χ2v) is 12.7. The summed E-state index contributed by atoms with van der Waals surface area (Å²) < 4.78 is 22.7. The van der Waals surface area contributed by atoms with Gasteiger partial charge < -0.3 is 24.6 Å². The lowest BCUT2D eigenvalue weighted by Gasteiger charge is -2.23. The first-order valence-electron chi connectivity index (χ1n) is 15.8. The molecule has 2 atom stereocenters. The van der Waals surface area contributed by atoms with Gasteiger partial charge in [0.1, 0.15) is 23.1 Å². The standard InChI is InChI=1S/C33H40N8O6/c1-20(16-35-32(44)47-33(2,3)4)46-31-25(18-36-39(31)5)22-15-24-29(38-41(30(24)34-17-22)28-8-6-7-13-45-28)21-9-10-26-23(14-21)27(19-43)40(37-26)11-12-42/h9-10,14-15,17-20,28,42H,6-8,11-13,16H2,1-5H3,(H,35,44)/t20-,28?/m0/s1. The van der Waals surface area contributed by atoms with Gasteiger partial charge in [0.25, 0.3) is 0 Å². The molecule has 1 unspecified atom stereocenters. The zero-order chi connectivity index (χ0) is 33.3. The van der Waals surface area contributed by atoms with Gasteiger partial charge in [0.2, 0.25) is 5.88 Å². The minimum Gasteiger partial charge on any atom is -0.472 e. The molecule has 0 spiro atoms. The molecule has 14 nitrogen and oxygen atoms in total. The molecule has 1 saturated heterocycles. The molecule has 5 aromatic rings. The fourth-order valence-corrected chi connectivity index (χ4v) is 5.73. The van der Waals surface area contributed by atoms with Crippen LogP contribution in [0.1, 0.15) is 63.7 Å². The van der Waals surface area contributed by atoms with Crippen molar-refractivity contribution >= 4 is 34.3 Å². The molecule has 248 valence electrons. The molecule has 0 saturated carbocycles. The highest BCUT2D eigenvalue weighted by atomic mass is 16.6. The number of ether oxygens (including phenoxy) is 3. The van der Waals surface area contributed by atoms with Crippen LogP contribution in [-0.2, 0) is 23.1 Å². The van der Waals surface area contributed by atoms with Gasteiger partial charge in [-0.15, -0.1) is 0 Å². The predicted octanol–water partition coefficient (Wildman–Crippen LogP) is 4.64. The largest absolute Gasteiger partial charge is 0.472 e. The number of carbonyl (C=O) groups excluding carboxylic acids is 2. The second kappa shape index (κ2) is 13.1. The van der Waals surface area contributed by atoms with E-state index in [2.05, 4.69) is 15.5 Å². The monoisotopic (exact) mass is 644 g/mol. The van der Waals surface area contributed by atoms with Crippen LogP contribution in [0.4, 0.5) is 4.79 Å². The quantitative estimate of drug-likeness (QED) is 0.205. The molecule has 1 amide bonds. The third-order valence-corrected chi connectivity index (χ3v) is 7.89. The molecule has 0 radical (unpaired) electrons. The summed E-state index contributed by atoms with van der Waals surface area (Å²) in [6, 6.07) is 7.69. The first-order valence-corrected chi connectivity index (χ1v) is 15.8.